The van der Waals surface area contributed by atoms with Gasteiger partial charge in [0.05, 0.1) is 22.4 Å². The van der Waals surface area contributed by atoms with Gasteiger partial charge in [0.2, 0.25) is 17.5 Å². The average Bonchev–Trinajstić information content (AvgIpc) is 3.77. The van der Waals surface area contributed by atoms with Crippen LogP contribution in [0, 0.1) is 0 Å². The number of carboxylic acid groups (broad SMARTS) is 1. The molecular weight excluding hydrogens is 723 g/mol. The first kappa shape index (κ1) is 39.9. The first-order chi connectivity index (χ1) is 26.2. The molecule has 55 heavy (non-hydrogen) atoms. The number of carbonyl (C=O) groups is 4. The molecule has 0 radical (unpaired) electrons. The Morgan fingerprint density at radius 1 is 1.05 bits per heavy atom. The van der Waals surface area contributed by atoms with Crippen molar-refractivity contribution in [2.75, 3.05) is 37.8 Å². The third-order valence-electron chi connectivity index (χ3n) is 11.3. The zero-order chi connectivity index (χ0) is 39.7. The molecule has 6 rings (SSSR count). The van der Waals surface area contributed by atoms with Crippen LogP contribution < -0.4 is 20.8 Å². The summed E-state index contributed by atoms with van der Waals surface area (Å²) in [6.45, 7) is 9.31. The SMILES string of the molecule is CN1/C(=C/C2=C(N3CCC[C@@H]3C(=O)N[C@@H](CSOO[O-])C(=O)NCCCCC(=O)O)C(=C/C3=[N+](C)c4ccccc4C3(C)C)/C2=O)C(C)(C)c2ccccc21. The van der Waals surface area contributed by atoms with Gasteiger partial charge in [-0.2, -0.15) is 8.91 Å². The van der Waals surface area contributed by atoms with Crippen molar-refractivity contribution in [3.8, 4) is 0 Å². The molecule has 1 aliphatic carbocycles. The van der Waals surface area contributed by atoms with Gasteiger partial charge in [0, 0.05) is 78.7 Å². The highest BCUT2D eigenvalue weighted by atomic mass is 32.2. The van der Waals surface area contributed by atoms with Gasteiger partial charge in [-0.25, -0.2) is 0 Å². The number of carbonyl (C=O) groups excluding carboxylic acids is 3. The van der Waals surface area contributed by atoms with Crippen molar-refractivity contribution < 1.29 is 43.5 Å². The highest BCUT2D eigenvalue weighted by Gasteiger charge is 2.48. The molecule has 0 bridgehead atoms. The van der Waals surface area contributed by atoms with Crippen LogP contribution in [0.3, 0.4) is 0 Å². The molecule has 0 saturated carbocycles. The number of nitrogens with one attached hydrogen (secondary N) is 2. The zero-order valence-electron chi connectivity index (χ0n) is 32.1. The topological polar surface area (TPSA) is 164 Å². The van der Waals surface area contributed by atoms with Crippen molar-refractivity contribution in [2.24, 2.45) is 0 Å². The summed E-state index contributed by atoms with van der Waals surface area (Å²) in [5, 5.41) is 28.5. The molecule has 3 N–H and O–H groups in total. The molecule has 292 valence electrons. The van der Waals surface area contributed by atoms with Crippen molar-refractivity contribution >= 4 is 52.7 Å². The van der Waals surface area contributed by atoms with Crippen LogP contribution in [-0.4, -0.2) is 88.9 Å². The second-order valence-electron chi connectivity index (χ2n) is 15.4. The first-order valence-corrected chi connectivity index (χ1v) is 19.5. The van der Waals surface area contributed by atoms with Gasteiger partial charge in [0.15, 0.2) is 11.5 Å². The standard InChI is InChI=1S/C41H49N5O8S/c1-40(2)27-14-7-9-16-30(27)44(5)33(40)22-25-36(26(37(25)49)23-34-41(3,4)28-15-8-10-17-31(28)45(34)6)46-21-13-18-32(46)39(51)43-29(24-55-54-53-52)38(50)42-20-12-11-19-35(47)48/h7-10,14-17,22-23,29,32H,11-13,18-21,24H2,1-6H3,(H3-,42,43,47,48,50,51,52)/t29-,32+/m0/s1. The Bertz CT molecular complexity index is 2020. The second-order valence-corrected chi connectivity index (χ2v) is 16.1. The largest absolute Gasteiger partial charge is 0.691 e. The fraction of sp³-hybridized carbons (Fsp3) is 0.439. The fourth-order valence-electron chi connectivity index (χ4n) is 8.42. The third kappa shape index (κ3) is 7.60. The minimum absolute atomic E-state index is 0.0216. The average molecular weight is 772 g/mol. The van der Waals surface area contributed by atoms with E-state index in [1.165, 1.54) is 0 Å². The molecule has 0 aromatic heterocycles. The number of hydrogen-bond donors (Lipinski definition) is 3. The molecule has 2 amide bonds. The Morgan fingerprint density at radius 2 is 1.76 bits per heavy atom. The lowest BCUT2D eigenvalue weighted by Crippen LogP contribution is -2.54. The molecule has 4 aliphatic rings. The van der Waals surface area contributed by atoms with E-state index < -0.39 is 40.7 Å². The number of hydrogen-bond acceptors (Lipinski definition) is 10. The number of allylic oxidation sites excluding steroid dienone is 5. The number of aliphatic carboxylic acids is 1. The number of benzene rings is 2. The smallest absolute Gasteiger partial charge is 0.303 e. The van der Waals surface area contributed by atoms with E-state index in [0.29, 0.717) is 61.1 Å². The van der Waals surface area contributed by atoms with Crippen molar-refractivity contribution in [3.63, 3.8) is 0 Å². The maximum atomic E-state index is 14.5. The number of ketones is 1. The Labute approximate surface area is 325 Å². The lowest BCUT2D eigenvalue weighted by Gasteiger charge is -2.37. The van der Waals surface area contributed by atoms with Gasteiger partial charge in [0.1, 0.15) is 19.1 Å². The second kappa shape index (κ2) is 16.1. The van der Waals surface area contributed by atoms with Gasteiger partial charge in [-0.15, -0.1) is 0 Å². The number of amides is 2. The van der Waals surface area contributed by atoms with Crippen LogP contribution in [-0.2, 0) is 39.4 Å². The number of unbranched alkanes of at least 4 members (excludes halogenated alkanes) is 1. The molecule has 3 heterocycles. The summed E-state index contributed by atoms with van der Waals surface area (Å²) >= 11 is 0.586. The van der Waals surface area contributed by atoms with E-state index in [1.54, 1.807) is 0 Å². The van der Waals surface area contributed by atoms with Crippen molar-refractivity contribution in [3.05, 3.63) is 94.4 Å². The van der Waals surface area contributed by atoms with Crippen LogP contribution in [0.4, 0.5) is 11.4 Å². The lowest BCUT2D eigenvalue weighted by atomic mass is 9.76. The maximum absolute atomic E-state index is 14.5. The van der Waals surface area contributed by atoms with Gasteiger partial charge < -0.3 is 30.8 Å². The number of likely N-dealkylation sites (tertiary alicyclic amines) is 1. The Kier molecular flexibility index (Phi) is 11.7. The number of rotatable bonds is 15. The normalized spacial score (nSPS) is 21.6. The monoisotopic (exact) mass is 771 g/mol. The van der Waals surface area contributed by atoms with Crippen LogP contribution in [0.2, 0.25) is 0 Å². The molecular formula is C41H49N5O8S. The van der Waals surface area contributed by atoms with E-state index in [0.717, 1.165) is 33.9 Å². The zero-order valence-corrected chi connectivity index (χ0v) is 33.0. The minimum Gasteiger partial charge on any atom is -0.691 e. The van der Waals surface area contributed by atoms with Crippen LogP contribution in [0.25, 0.3) is 0 Å². The summed E-state index contributed by atoms with van der Waals surface area (Å²) in [4.78, 5) is 56.9. The highest BCUT2D eigenvalue weighted by Crippen LogP contribution is 2.49. The number of fused-ring (bicyclic) bond motifs is 2. The molecule has 13 nitrogen and oxygen atoms in total. The van der Waals surface area contributed by atoms with E-state index in [4.69, 9.17) is 5.11 Å². The van der Waals surface area contributed by atoms with Gasteiger partial charge in [0.25, 0.3) is 0 Å². The maximum Gasteiger partial charge on any atom is 0.303 e. The van der Waals surface area contributed by atoms with Crippen LogP contribution >= 0.6 is 12.0 Å². The van der Waals surface area contributed by atoms with Crippen molar-refractivity contribution in [1.82, 2.24) is 15.5 Å². The number of anilines is 1. The van der Waals surface area contributed by atoms with Gasteiger partial charge in [-0.05, 0) is 57.2 Å². The summed E-state index contributed by atoms with van der Waals surface area (Å²) in [6, 6.07) is 14.6. The third-order valence-corrected chi connectivity index (χ3v) is 12.0. The Balaban J connectivity index is 1.35. The van der Waals surface area contributed by atoms with E-state index >= 15 is 0 Å². The summed E-state index contributed by atoms with van der Waals surface area (Å²) in [5.41, 5.74) is 7.34. The van der Waals surface area contributed by atoms with E-state index in [-0.39, 0.29) is 24.5 Å². The number of nitrogens with zero attached hydrogens (tertiary/aromatic N) is 3. The Hall–Kier alpha value is -4.76. The minimum atomic E-state index is -1.09. The van der Waals surface area contributed by atoms with Gasteiger partial charge >= 0.3 is 5.97 Å². The number of carboxylic acids is 1. The summed E-state index contributed by atoms with van der Waals surface area (Å²) in [5.74, 6) is -2.06. The Morgan fingerprint density at radius 3 is 2.45 bits per heavy atom. The first-order valence-electron chi connectivity index (χ1n) is 18.6. The molecule has 3 aliphatic heterocycles. The quantitative estimate of drug-likeness (QED) is 0.0600. The number of Topliss-reactive ketones (excluding diaryl/α,β-unsaturated/α-hetero) is 1. The van der Waals surface area contributed by atoms with Crippen molar-refractivity contribution in [1.29, 1.82) is 0 Å². The van der Waals surface area contributed by atoms with E-state index in [9.17, 15) is 24.4 Å². The molecule has 0 unspecified atom stereocenters. The lowest BCUT2D eigenvalue weighted by molar-refractivity contribution is -0.777. The van der Waals surface area contributed by atoms with E-state index in [2.05, 4.69) is 81.4 Å². The highest BCUT2D eigenvalue weighted by molar-refractivity contribution is 7.94. The molecule has 1 saturated heterocycles. The summed E-state index contributed by atoms with van der Waals surface area (Å²) < 4.78 is 6.55. The van der Waals surface area contributed by atoms with Crippen LogP contribution in [0.5, 0.6) is 0 Å². The number of likely N-dealkylation sites (N-methyl/N-ethyl adjacent to an activating group) is 1. The molecule has 2 aromatic rings. The molecule has 2 atom stereocenters. The van der Waals surface area contributed by atoms with Crippen LogP contribution in [0.1, 0.15) is 70.9 Å². The molecule has 1 fully saturated rings. The molecule has 2 aromatic carbocycles. The summed E-state index contributed by atoms with van der Waals surface area (Å²) in [6.07, 6.45) is 5.91. The fourth-order valence-corrected chi connectivity index (χ4v) is 8.89. The molecule has 0 spiro atoms. The van der Waals surface area contributed by atoms with Gasteiger partial charge in [-0.3, -0.25) is 24.2 Å². The molecule has 14 heteroatoms. The summed E-state index contributed by atoms with van der Waals surface area (Å²) in [7, 11) is 4.01. The predicted octanol–water partition coefficient (Wildman–Crippen LogP) is 3.96. The van der Waals surface area contributed by atoms with Crippen LogP contribution in [0.15, 0.2) is 83.2 Å². The van der Waals surface area contributed by atoms with Gasteiger partial charge in [-0.1, -0.05) is 50.2 Å². The van der Waals surface area contributed by atoms with E-state index in [1.807, 2.05) is 55.4 Å². The van der Waals surface area contributed by atoms with Crippen molar-refractivity contribution in [2.45, 2.75) is 82.7 Å². The predicted molar refractivity (Wildman–Crippen MR) is 207 cm³/mol. The number of para-hydroxylation sites is 2.